The first-order valence-corrected chi connectivity index (χ1v) is 10.8. The molecule has 0 radical (unpaired) electrons. The van der Waals surface area contributed by atoms with Crippen LogP contribution in [0.1, 0.15) is 27.3 Å². The highest BCUT2D eigenvalue weighted by molar-refractivity contribution is 5.98. The molecule has 0 saturated heterocycles. The van der Waals surface area contributed by atoms with Crippen LogP contribution >= 0.6 is 0 Å². The highest BCUT2D eigenvalue weighted by atomic mass is 19.4. The molecule has 1 amide bonds. The van der Waals surface area contributed by atoms with E-state index in [-0.39, 0.29) is 12.3 Å². The lowest BCUT2D eigenvalue weighted by molar-refractivity contribution is -0.137. The lowest BCUT2D eigenvalue weighted by atomic mass is 10.0. The van der Waals surface area contributed by atoms with E-state index >= 15 is 0 Å². The smallest absolute Gasteiger partial charge is 0.383 e. The molecular formula is C26H24F3N3O2. The number of amides is 1. The third-order valence-corrected chi connectivity index (χ3v) is 5.65. The predicted octanol–water partition coefficient (Wildman–Crippen LogP) is 5.23. The number of fused-ring (bicyclic) bond motifs is 1. The van der Waals surface area contributed by atoms with E-state index in [2.05, 4.69) is 5.32 Å². The van der Waals surface area contributed by atoms with E-state index in [1.54, 1.807) is 25.3 Å². The first kappa shape index (κ1) is 23.5. The van der Waals surface area contributed by atoms with E-state index in [0.717, 1.165) is 34.3 Å². The van der Waals surface area contributed by atoms with Crippen molar-refractivity contribution in [2.45, 2.75) is 12.6 Å². The van der Waals surface area contributed by atoms with Gasteiger partial charge in [-0.3, -0.25) is 4.79 Å². The maximum atomic E-state index is 13.1. The molecular weight excluding hydrogens is 443 g/mol. The maximum Gasteiger partial charge on any atom is 0.416 e. The number of halogens is 3. The number of alkyl halides is 3. The summed E-state index contributed by atoms with van der Waals surface area (Å²) >= 11 is 0. The van der Waals surface area contributed by atoms with Gasteiger partial charge in [0.15, 0.2) is 0 Å². The first-order chi connectivity index (χ1) is 16.3. The number of benzene rings is 3. The molecule has 0 aliphatic carbocycles. The Bertz CT molecular complexity index is 1330. The molecule has 1 aromatic heterocycles. The number of aromatic nitrogens is 2. The molecule has 34 heavy (non-hydrogen) atoms. The van der Waals surface area contributed by atoms with E-state index < -0.39 is 11.7 Å². The Kier molecular flexibility index (Phi) is 6.70. The van der Waals surface area contributed by atoms with Crippen LogP contribution in [-0.4, -0.2) is 35.7 Å². The Labute approximate surface area is 195 Å². The summed E-state index contributed by atoms with van der Waals surface area (Å²) in [6.45, 7) is 0.835. The second-order valence-corrected chi connectivity index (χ2v) is 7.96. The van der Waals surface area contributed by atoms with Crippen molar-refractivity contribution in [2.75, 3.05) is 20.3 Å². The summed E-state index contributed by atoms with van der Waals surface area (Å²) in [6, 6.07) is 18.3. The molecule has 0 unspecified atom stereocenters. The van der Waals surface area contributed by atoms with E-state index in [0.29, 0.717) is 30.1 Å². The Morgan fingerprint density at radius 1 is 1.06 bits per heavy atom. The first-order valence-electron chi connectivity index (χ1n) is 10.8. The largest absolute Gasteiger partial charge is 0.416 e. The number of nitrogens with one attached hydrogen (secondary N) is 1. The van der Waals surface area contributed by atoms with Crippen molar-refractivity contribution < 1.29 is 22.7 Å². The van der Waals surface area contributed by atoms with E-state index in [4.69, 9.17) is 9.72 Å². The number of hydrogen-bond donors (Lipinski definition) is 1. The number of rotatable bonds is 7. The molecule has 0 aliphatic rings. The zero-order valence-electron chi connectivity index (χ0n) is 18.8. The Morgan fingerprint density at radius 2 is 1.82 bits per heavy atom. The number of imidazole rings is 1. The number of hydrogen-bond acceptors (Lipinski definition) is 3. The lowest BCUT2D eigenvalue weighted by Gasteiger charge is -2.08. The van der Waals surface area contributed by atoms with Crippen molar-refractivity contribution in [3.05, 3.63) is 89.2 Å². The van der Waals surface area contributed by atoms with Gasteiger partial charge in [-0.25, -0.2) is 4.98 Å². The van der Waals surface area contributed by atoms with E-state index in [1.165, 1.54) is 6.07 Å². The molecule has 0 saturated carbocycles. The van der Waals surface area contributed by atoms with Crippen LogP contribution in [0.2, 0.25) is 0 Å². The van der Waals surface area contributed by atoms with Gasteiger partial charge in [0.1, 0.15) is 5.82 Å². The predicted molar refractivity (Wildman–Crippen MR) is 125 cm³/mol. The van der Waals surface area contributed by atoms with Gasteiger partial charge < -0.3 is 14.6 Å². The molecule has 0 fully saturated rings. The molecule has 0 aliphatic heterocycles. The molecule has 8 heteroatoms. The quantitative estimate of drug-likeness (QED) is 0.379. The fourth-order valence-electron chi connectivity index (χ4n) is 3.89. The highest BCUT2D eigenvalue weighted by Gasteiger charge is 2.30. The van der Waals surface area contributed by atoms with Crippen LogP contribution in [0.15, 0.2) is 66.7 Å². The monoisotopic (exact) mass is 467 g/mol. The number of aryl methyl sites for hydroxylation is 1. The van der Waals surface area contributed by atoms with Gasteiger partial charge in [-0.2, -0.15) is 13.2 Å². The van der Waals surface area contributed by atoms with Crippen LogP contribution in [-0.2, 0) is 24.4 Å². The third kappa shape index (κ3) is 4.97. The van der Waals surface area contributed by atoms with Crippen molar-refractivity contribution in [3.63, 3.8) is 0 Å². The molecule has 176 valence electrons. The van der Waals surface area contributed by atoms with E-state index in [9.17, 15) is 18.0 Å². The summed E-state index contributed by atoms with van der Waals surface area (Å²) in [5.74, 6) is 0.451. The van der Waals surface area contributed by atoms with Crippen molar-refractivity contribution >= 4 is 16.9 Å². The van der Waals surface area contributed by atoms with Gasteiger partial charge in [-0.05, 0) is 35.4 Å². The standard InChI is InChI=1S/C26H24F3N3O2/c1-32-22-11-5-10-21(18-7-4-8-19(16-18)25(33)30-12-13-34-2)24(22)31-23(32)15-17-6-3-9-20(14-17)26(27,28)29/h3-11,14,16H,12-13,15H2,1-2H3,(H,30,33). The zero-order valence-corrected chi connectivity index (χ0v) is 18.8. The molecule has 5 nitrogen and oxygen atoms in total. The summed E-state index contributed by atoms with van der Waals surface area (Å²) in [5.41, 5.74) is 3.63. The van der Waals surface area contributed by atoms with Gasteiger partial charge in [0, 0.05) is 38.2 Å². The third-order valence-electron chi connectivity index (χ3n) is 5.65. The van der Waals surface area contributed by atoms with Crippen LogP contribution in [0.25, 0.3) is 22.2 Å². The SMILES string of the molecule is COCCNC(=O)c1cccc(-c2cccc3c2nc(Cc2cccc(C(F)(F)F)c2)n3C)c1. The topological polar surface area (TPSA) is 56.1 Å². The number of para-hydroxylation sites is 1. The van der Waals surface area contributed by atoms with Gasteiger partial charge in [0.2, 0.25) is 0 Å². The maximum absolute atomic E-state index is 13.1. The Balaban J connectivity index is 1.68. The summed E-state index contributed by atoms with van der Waals surface area (Å²) < 4.78 is 46.2. The van der Waals surface area contributed by atoms with Crippen molar-refractivity contribution in [2.24, 2.45) is 7.05 Å². The lowest BCUT2D eigenvalue weighted by Crippen LogP contribution is -2.26. The summed E-state index contributed by atoms with van der Waals surface area (Å²) in [6.07, 6.45) is -4.13. The Morgan fingerprint density at radius 3 is 2.59 bits per heavy atom. The second kappa shape index (κ2) is 9.69. The van der Waals surface area contributed by atoms with E-state index in [1.807, 2.05) is 41.9 Å². The van der Waals surface area contributed by atoms with Gasteiger partial charge in [-0.1, -0.05) is 42.5 Å². The molecule has 1 N–H and O–H groups in total. The van der Waals surface area contributed by atoms with Crippen LogP contribution in [0.4, 0.5) is 13.2 Å². The fraction of sp³-hybridized carbons (Fsp3) is 0.231. The van der Waals surface area contributed by atoms with Crippen molar-refractivity contribution in [3.8, 4) is 11.1 Å². The zero-order chi connectivity index (χ0) is 24.3. The average molecular weight is 467 g/mol. The van der Waals surface area contributed by atoms with Gasteiger partial charge in [-0.15, -0.1) is 0 Å². The van der Waals surface area contributed by atoms with Gasteiger partial charge >= 0.3 is 6.18 Å². The number of nitrogens with zero attached hydrogens (tertiary/aromatic N) is 2. The van der Waals surface area contributed by atoms with Crippen LogP contribution in [0.5, 0.6) is 0 Å². The van der Waals surface area contributed by atoms with Crippen molar-refractivity contribution in [1.82, 2.24) is 14.9 Å². The number of carbonyl (C=O) groups excluding carboxylic acids is 1. The van der Waals surface area contributed by atoms with Gasteiger partial charge in [0.25, 0.3) is 5.91 Å². The molecule has 0 bridgehead atoms. The van der Waals surface area contributed by atoms with Crippen molar-refractivity contribution in [1.29, 1.82) is 0 Å². The number of carbonyl (C=O) groups is 1. The molecule has 4 rings (SSSR count). The molecule has 1 heterocycles. The molecule has 4 aromatic rings. The minimum atomic E-state index is -4.39. The van der Waals surface area contributed by atoms with Crippen LogP contribution < -0.4 is 5.32 Å². The number of methoxy groups -OCH3 is 1. The molecule has 0 spiro atoms. The van der Waals surface area contributed by atoms with Crippen LogP contribution in [0, 0.1) is 0 Å². The highest BCUT2D eigenvalue weighted by Crippen LogP contribution is 2.32. The average Bonchev–Trinajstić information content (AvgIpc) is 3.14. The molecule has 0 atom stereocenters. The summed E-state index contributed by atoms with van der Waals surface area (Å²) in [7, 11) is 3.42. The number of ether oxygens (including phenoxy) is 1. The van der Waals surface area contributed by atoms with Crippen LogP contribution in [0.3, 0.4) is 0 Å². The minimum Gasteiger partial charge on any atom is -0.383 e. The fourth-order valence-corrected chi connectivity index (χ4v) is 3.89. The summed E-state index contributed by atoms with van der Waals surface area (Å²) in [4.78, 5) is 17.2. The minimum absolute atomic E-state index is 0.197. The summed E-state index contributed by atoms with van der Waals surface area (Å²) in [5, 5.41) is 2.81. The van der Waals surface area contributed by atoms with Gasteiger partial charge in [0.05, 0.1) is 23.2 Å². The molecule has 3 aromatic carbocycles. The second-order valence-electron chi connectivity index (χ2n) is 7.96. The Hall–Kier alpha value is -3.65. The normalized spacial score (nSPS) is 11.7.